The van der Waals surface area contributed by atoms with Crippen LogP contribution in [0.3, 0.4) is 0 Å². The molecule has 36 heavy (non-hydrogen) atoms. The maximum atomic E-state index is 11.4. The highest BCUT2D eigenvalue weighted by Gasteiger charge is 2.10. The third-order valence-corrected chi connectivity index (χ3v) is 7.03. The molecule has 0 spiro atoms. The fourth-order valence-corrected chi connectivity index (χ4v) is 4.55. The number of nitrogens with one attached hydrogen (secondary N) is 1. The largest absolute Gasteiger partial charge is 0.508 e. The van der Waals surface area contributed by atoms with Gasteiger partial charge >= 0.3 is 0 Å². The van der Waals surface area contributed by atoms with Crippen LogP contribution in [0.15, 0.2) is 47.4 Å². The van der Waals surface area contributed by atoms with Crippen LogP contribution in [0, 0.1) is 0 Å². The standard InChI is InChI=1S/C27H42N2O6S/c28-36(33,34)25-12-9-11-22(18-25)10-5-1-3-7-16-35-17-8-4-2-6-15-29-20-27(32)23-13-14-26(31)24(19-23)21-30/h9,11-14,18-19,27,29-32H,1-8,10,15-17,20-21H2,(H2,28,33,34)/t27-/m1/s1. The lowest BCUT2D eigenvalue weighted by Gasteiger charge is -2.14. The van der Waals surface area contributed by atoms with E-state index in [1.807, 2.05) is 6.07 Å². The third kappa shape index (κ3) is 11.8. The Hall–Kier alpha value is -2.01. The minimum Gasteiger partial charge on any atom is -0.508 e. The molecule has 6 N–H and O–H groups in total. The number of sulfonamides is 1. The van der Waals surface area contributed by atoms with Crippen LogP contribution in [0.25, 0.3) is 0 Å². The van der Waals surface area contributed by atoms with Gasteiger partial charge in [-0.15, -0.1) is 0 Å². The van der Waals surface area contributed by atoms with Gasteiger partial charge in [-0.3, -0.25) is 0 Å². The first-order valence-electron chi connectivity index (χ1n) is 12.8. The first-order chi connectivity index (χ1) is 17.3. The summed E-state index contributed by atoms with van der Waals surface area (Å²) in [6.45, 7) is 2.55. The Labute approximate surface area is 215 Å². The molecule has 0 aliphatic rings. The number of nitrogens with two attached hydrogens (primary N) is 1. The predicted molar refractivity (Wildman–Crippen MR) is 141 cm³/mol. The molecule has 0 aromatic heterocycles. The predicted octanol–water partition coefficient (Wildman–Crippen LogP) is 3.54. The number of aryl methyl sites for hydroxylation is 1. The summed E-state index contributed by atoms with van der Waals surface area (Å²) in [6, 6.07) is 11.6. The van der Waals surface area contributed by atoms with Gasteiger partial charge in [0.15, 0.2) is 0 Å². The number of phenols is 1. The second kappa shape index (κ2) is 16.7. The van der Waals surface area contributed by atoms with Crippen LogP contribution in [-0.4, -0.2) is 50.0 Å². The van der Waals surface area contributed by atoms with Gasteiger partial charge in [0.1, 0.15) is 5.75 Å². The van der Waals surface area contributed by atoms with E-state index >= 15 is 0 Å². The van der Waals surface area contributed by atoms with Crippen LogP contribution >= 0.6 is 0 Å². The molecular weight excluding hydrogens is 480 g/mol. The Morgan fingerprint density at radius 1 is 0.917 bits per heavy atom. The molecule has 9 heteroatoms. The topological polar surface area (TPSA) is 142 Å². The van der Waals surface area contributed by atoms with E-state index < -0.39 is 16.1 Å². The van der Waals surface area contributed by atoms with Gasteiger partial charge in [-0.05, 0) is 74.0 Å². The molecule has 0 unspecified atom stereocenters. The molecule has 1 atom stereocenters. The highest BCUT2D eigenvalue weighted by Crippen LogP contribution is 2.22. The average Bonchev–Trinajstić information content (AvgIpc) is 2.86. The van der Waals surface area contributed by atoms with Gasteiger partial charge in [-0.1, -0.05) is 43.9 Å². The van der Waals surface area contributed by atoms with E-state index in [1.165, 1.54) is 12.1 Å². The fourth-order valence-electron chi connectivity index (χ4n) is 3.97. The molecule has 0 radical (unpaired) electrons. The van der Waals surface area contributed by atoms with E-state index in [1.54, 1.807) is 24.3 Å². The molecule has 2 aromatic carbocycles. The summed E-state index contributed by atoms with van der Waals surface area (Å²) >= 11 is 0. The zero-order valence-electron chi connectivity index (χ0n) is 21.1. The molecule has 2 rings (SSSR count). The van der Waals surface area contributed by atoms with E-state index in [-0.39, 0.29) is 17.3 Å². The minimum atomic E-state index is -3.64. The van der Waals surface area contributed by atoms with Crippen molar-refractivity contribution in [3.8, 4) is 5.75 Å². The molecule has 0 fully saturated rings. The fraction of sp³-hybridized carbons (Fsp3) is 0.556. The van der Waals surface area contributed by atoms with Crippen LogP contribution in [0.1, 0.15) is 74.2 Å². The van der Waals surface area contributed by atoms with Gasteiger partial charge in [-0.25, -0.2) is 13.6 Å². The maximum Gasteiger partial charge on any atom is 0.238 e. The Morgan fingerprint density at radius 2 is 1.61 bits per heavy atom. The van der Waals surface area contributed by atoms with Gasteiger partial charge in [0.25, 0.3) is 0 Å². The Balaban J connectivity index is 1.39. The summed E-state index contributed by atoms with van der Waals surface area (Å²) < 4.78 is 28.6. The summed E-state index contributed by atoms with van der Waals surface area (Å²) in [7, 11) is -3.64. The molecule has 0 saturated heterocycles. The number of ether oxygens (including phenoxy) is 1. The van der Waals surface area contributed by atoms with Crippen molar-refractivity contribution in [2.75, 3.05) is 26.3 Å². The zero-order chi connectivity index (χ0) is 26.2. The lowest BCUT2D eigenvalue weighted by molar-refractivity contribution is 0.125. The number of unbranched alkanes of at least 4 members (excludes halogenated alkanes) is 6. The summed E-state index contributed by atoms with van der Waals surface area (Å²) in [6.07, 6.45) is 8.68. The Morgan fingerprint density at radius 3 is 2.31 bits per heavy atom. The van der Waals surface area contributed by atoms with Gasteiger partial charge in [0.2, 0.25) is 10.0 Å². The number of hydrogen-bond acceptors (Lipinski definition) is 7. The van der Waals surface area contributed by atoms with Crippen LogP contribution in [-0.2, 0) is 27.8 Å². The number of primary sulfonamides is 1. The highest BCUT2D eigenvalue weighted by atomic mass is 32.2. The number of aliphatic hydroxyl groups is 2. The summed E-state index contributed by atoms with van der Waals surface area (Å²) in [5.74, 6) is 0.0360. The van der Waals surface area contributed by atoms with Gasteiger partial charge < -0.3 is 25.4 Å². The van der Waals surface area contributed by atoms with Crippen LogP contribution in [0.4, 0.5) is 0 Å². The number of hydrogen-bond donors (Lipinski definition) is 5. The molecule has 0 aliphatic carbocycles. The molecule has 0 heterocycles. The Bertz CT molecular complexity index is 1000. The van der Waals surface area contributed by atoms with Crippen LogP contribution in [0.5, 0.6) is 5.75 Å². The minimum absolute atomic E-state index is 0.0360. The van der Waals surface area contributed by atoms with E-state index in [4.69, 9.17) is 9.88 Å². The summed E-state index contributed by atoms with van der Waals surface area (Å²) in [4.78, 5) is 0.173. The van der Waals surface area contributed by atoms with Crippen LogP contribution < -0.4 is 10.5 Å². The monoisotopic (exact) mass is 522 g/mol. The number of rotatable bonds is 19. The smallest absolute Gasteiger partial charge is 0.238 e. The summed E-state index contributed by atoms with van der Waals surface area (Å²) in [5, 5.41) is 37.5. The lowest BCUT2D eigenvalue weighted by Crippen LogP contribution is -2.22. The molecule has 0 saturated carbocycles. The Kier molecular flexibility index (Phi) is 14.0. The van der Waals surface area contributed by atoms with Crippen LogP contribution in [0.2, 0.25) is 0 Å². The third-order valence-electron chi connectivity index (χ3n) is 6.12. The van der Waals surface area contributed by atoms with Crippen molar-refractivity contribution in [1.82, 2.24) is 5.32 Å². The van der Waals surface area contributed by atoms with Crippen molar-refractivity contribution >= 4 is 10.0 Å². The van der Waals surface area contributed by atoms with Crippen molar-refractivity contribution in [1.29, 1.82) is 0 Å². The zero-order valence-corrected chi connectivity index (χ0v) is 21.9. The lowest BCUT2D eigenvalue weighted by atomic mass is 10.1. The van der Waals surface area contributed by atoms with E-state index in [2.05, 4.69) is 5.32 Å². The summed E-state index contributed by atoms with van der Waals surface area (Å²) in [5.41, 5.74) is 2.09. The molecular formula is C27H42N2O6S. The van der Waals surface area contributed by atoms with Crippen molar-refractivity contribution in [2.45, 2.75) is 75.4 Å². The number of aliphatic hydroxyl groups excluding tert-OH is 2. The molecule has 8 nitrogen and oxygen atoms in total. The van der Waals surface area contributed by atoms with E-state index in [0.29, 0.717) is 17.7 Å². The SMILES string of the molecule is NS(=O)(=O)c1cccc(CCCCCCOCCCCCCNC[C@@H](O)c2ccc(O)c(CO)c2)c1. The van der Waals surface area contributed by atoms with E-state index in [0.717, 1.165) is 83.1 Å². The highest BCUT2D eigenvalue weighted by molar-refractivity contribution is 7.89. The first kappa shape index (κ1) is 30.2. The van der Waals surface area contributed by atoms with Gasteiger partial charge in [0, 0.05) is 25.3 Å². The maximum absolute atomic E-state index is 11.4. The molecule has 202 valence electrons. The van der Waals surface area contributed by atoms with Crippen molar-refractivity contribution in [2.24, 2.45) is 5.14 Å². The normalized spacial score (nSPS) is 12.6. The molecule has 0 amide bonds. The second-order valence-electron chi connectivity index (χ2n) is 9.15. The molecule has 0 bridgehead atoms. The van der Waals surface area contributed by atoms with Crippen molar-refractivity contribution in [3.63, 3.8) is 0 Å². The molecule has 0 aliphatic heterocycles. The van der Waals surface area contributed by atoms with Gasteiger partial charge in [-0.2, -0.15) is 0 Å². The molecule has 2 aromatic rings. The quantitative estimate of drug-likeness (QED) is 0.178. The number of benzene rings is 2. The van der Waals surface area contributed by atoms with Gasteiger partial charge in [0.05, 0.1) is 17.6 Å². The van der Waals surface area contributed by atoms with Crippen molar-refractivity contribution in [3.05, 3.63) is 59.2 Å². The average molecular weight is 523 g/mol. The first-order valence-corrected chi connectivity index (χ1v) is 14.4. The van der Waals surface area contributed by atoms with Crippen molar-refractivity contribution < 1.29 is 28.5 Å². The van der Waals surface area contributed by atoms with E-state index in [9.17, 15) is 23.7 Å². The number of aromatic hydroxyl groups is 1. The second-order valence-corrected chi connectivity index (χ2v) is 10.7.